The first-order valence-corrected chi connectivity index (χ1v) is 11.7. The molecule has 9 nitrogen and oxygen atoms in total. The van der Waals surface area contributed by atoms with Crippen LogP contribution in [0.5, 0.6) is 0 Å². The number of carbonyl (C=O) groups excluding carboxylic acids is 1. The van der Waals surface area contributed by atoms with Crippen LogP contribution in [-0.2, 0) is 4.74 Å². The fourth-order valence-corrected chi connectivity index (χ4v) is 4.52. The summed E-state index contributed by atoms with van der Waals surface area (Å²) < 4.78 is 5.47. The van der Waals surface area contributed by atoms with E-state index in [0.29, 0.717) is 5.95 Å². The van der Waals surface area contributed by atoms with Gasteiger partial charge in [-0.2, -0.15) is 0 Å². The molecule has 0 saturated heterocycles. The van der Waals surface area contributed by atoms with Crippen LogP contribution in [0.3, 0.4) is 0 Å². The van der Waals surface area contributed by atoms with E-state index in [0.717, 1.165) is 58.6 Å². The van der Waals surface area contributed by atoms with Crippen molar-refractivity contribution < 1.29 is 9.53 Å². The molecule has 1 aliphatic carbocycles. The first-order valence-electron chi connectivity index (χ1n) is 11.7. The van der Waals surface area contributed by atoms with E-state index in [-0.39, 0.29) is 12.1 Å². The summed E-state index contributed by atoms with van der Waals surface area (Å²) in [5.74, 6) is 0.532. The van der Waals surface area contributed by atoms with Crippen molar-refractivity contribution in [1.82, 2.24) is 30.2 Å². The van der Waals surface area contributed by atoms with E-state index in [1.54, 1.807) is 24.8 Å². The molecule has 1 amide bonds. The Morgan fingerprint density at radius 2 is 1.88 bits per heavy atom. The van der Waals surface area contributed by atoms with E-state index in [1.807, 2.05) is 39.2 Å². The lowest BCUT2D eigenvalue weighted by molar-refractivity contribution is 0.0488. The quantitative estimate of drug-likeness (QED) is 0.401. The Morgan fingerprint density at radius 1 is 1.06 bits per heavy atom. The van der Waals surface area contributed by atoms with E-state index < -0.39 is 11.7 Å². The maximum absolute atomic E-state index is 12.4. The molecule has 4 aromatic heterocycles. The van der Waals surface area contributed by atoms with Gasteiger partial charge < -0.3 is 20.4 Å². The van der Waals surface area contributed by atoms with Crippen LogP contribution in [-0.4, -0.2) is 48.7 Å². The van der Waals surface area contributed by atoms with Crippen LogP contribution in [0.4, 0.5) is 10.7 Å². The molecule has 0 spiro atoms. The van der Waals surface area contributed by atoms with Crippen molar-refractivity contribution in [3.8, 4) is 11.1 Å². The molecule has 3 N–H and O–H groups in total. The van der Waals surface area contributed by atoms with Crippen LogP contribution in [0, 0.1) is 0 Å². The Balaban J connectivity index is 1.43. The molecule has 4 heterocycles. The number of anilines is 1. The van der Waals surface area contributed by atoms with Crippen LogP contribution in [0.15, 0.2) is 43.2 Å². The van der Waals surface area contributed by atoms with Crippen molar-refractivity contribution in [2.75, 3.05) is 5.32 Å². The third kappa shape index (κ3) is 4.64. The predicted octanol–water partition coefficient (Wildman–Crippen LogP) is 4.82. The number of nitrogens with one attached hydrogen (secondary N) is 3. The van der Waals surface area contributed by atoms with Crippen LogP contribution in [0.1, 0.15) is 46.5 Å². The number of hydrogen-bond acceptors (Lipinski definition) is 7. The minimum absolute atomic E-state index is 0.0168. The Labute approximate surface area is 197 Å². The number of H-pyrrole nitrogens is 1. The summed E-state index contributed by atoms with van der Waals surface area (Å²) in [6.45, 7) is 5.59. The molecule has 0 bridgehead atoms. The van der Waals surface area contributed by atoms with Gasteiger partial charge in [-0.1, -0.05) is 12.8 Å². The molecule has 2 atom stereocenters. The van der Waals surface area contributed by atoms with Gasteiger partial charge in [0.1, 0.15) is 5.60 Å². The van der Waals surface area contributed by atoms with Crippen LogP contribution in [0.2, 0.25) is 0 Å². The number of ether oxygens (including phenoxy) is 1. The standard InChI is InChI=1S/C25H29N7O2/c1-25(2,3)34-24(33)31-20-7-5-4-6-19(20)30-23-29-11-15-10-27-12-18(22(15)32-23)17-13-28-21-14-26-9-8-16(17)21/h8-14,19-20,28H,4-7H2,1-3H3,(H,31,33)(H,29,30,32). The second kappa shape index (κ2) is 8.89. The number of carbonyl (C=O) groups is 1. The van der Waals surface area contributed by atoms with Gasteiger partial charge in [-0.3, -0.25) is 9.97 Å². The van der Waals surface area contributed by atoms with Crippen molar-refractivity contribution >= 4 is 33.8 Å². The van der Waals surface area contributed by atoms with Gasteiger partial charge in [0.15, 0.2) is 0 Å². The predicted molar refractivity (Wildman–Crippen MR) is 131 cm³/mol. The van der Waals surface area contributed by atoms with Crippen LogP contribution < -0.4 is 10.6 Å². The fraction of sp³-hybridized carbons (Fsp3) is 0.400. The molecule has 5 rings (SSSR count). The molecule has 0 radical (unpaired) electrons. The third-order valence-corrected chi connectivity index (χ3v) is 6.05. The van der Waals surface area contributed by atoms with Crippen LogP contribution >= 0.6 is 0 Å². The van der Waals surface area contributed by atoms with Gasteiger partial charge >= 0.3 is 6.09 Å². The zero-order chi connectivity index (χ0) is 23.7. The van der Waals surface area contributed by atoms with Gasteiger partial charge in [0, 0.05) is 58.9 Å². The minimum atomic E-state index is -0.536. The molecule has 1 saturated carbocycles. The first kappa shape index (κ1) is 22.1. The molecule has 4 aromatic rings. The van der Waals surface area contributed by atoms with Crippen molar-refractivity contribution in [1.29, 1.82) is 0 Å². The average Bonchev–Trinajstić information content (AvgIpc) is 3.23. The Bertz CT molecular complexity index is 1330. The second-order valence-corrected chi connectivity index (χ2v) is 9.73. The smallest absolute Gasteiger partial charge is 0.407 e. The van der Waals surface area contributed by atoms with Crippen molar-refractivity contribution in [3.05, 3.63) is 43.2 Å². The lowest BCUT2D eigenvalue weighted by Gasteiger charge is -2.33. The third-order valence-electron chi connectivity index (χ3n) is 6.05. The van der Waals surface area contributed by atoms with Gasteiger partial charge in [0.05, 0.1) is 23.3 Å². The number of rotatable bonds is 4. The van der Waals surface area contributed by atoms with Crippen molar-refractivity contribution in [2.45, 2.75) is 64.1 Å². The molecular weight excluding hydrogens is 430 g/mol. The zero-order valence-electron chi connectivity index (χ0n) is 19.6. The summed E-state index contributed by atoms with van der Waals surface area (Å²) in [5, 5.41) is 8.43. The fourth-order valence-electron chi connectivity index (χ4n) is 4.52. The van der Waals surface area contributed by atoms with E-state index >= 15 is 0 Å². The molecule has 34 heavy (non-hydrogen) atoms. The maximum atomic E-state index is 12.4. The first-order chi connectivity index (χ1) is 16.4. The van der Waals surface area contributed by atoms with Gasteiger partial charge in [0.2, 0.25) is 5.95 Å². The number of hydrogen-bond donors (Lipinski definition) is 3. The Morgan fingerprint density at radius 3 is 2.71 bits per heavy atom. The summed E-state index contributed by atoms with van der Waals surface area (Å²) in [5.41, 5.74) is 3.18. The average molecular weight is 460 g/mol. The summed E-state index contributed by atoms with van der Waals surface area (Å²) in [4.78, 5) is 33.6. The summed E-state index contributed by atoms with van der Waals surface area (Å²) >= 11 is 0. The normalized spacial score (nSPS) is 18.7. The Hall–Kier alpha value is -3.75. The van der Waals surface area contributed by atoms with E-state index in [2.05, 4.69) is 30.6 Å². The highest BCUT2D eigenvalue weighted by Crippen LogP contribution is 2.32. The highest BCUT2D eigenvalue weighted by molar-refractivity contribution is 6.02. The minimum Gasteiger partial charge on any atom is -0.444 e. The number of aromatic nitrogens is 5. The lowest BCUT2D eigenvalue weighted by Crippen LogP contribution is -2.50. The summed E-state index contributed by atoms with van der Waals surface area (Å²) in [7, 11) is 0. The topological polar surface area (TPSA) is 118 Å². The van der Waals surface area contributed by atoms with Gasteiger partial charge in [-0.05, 0) is 39.7 Å². The van der Waals surface area contributed by atoms with Gasteiger partial charge in [-0.25, -0.2) is 14.8 Å². The largest absolute Gasteiger partial charge is 0.444 e. The number of amides is 1. The van der Waals surface area contributed by atoms with E-state index in [4.69, 9.17) is 9.72 Å². The van der Waals surface area contributed by atoms with Gasteiger partial charge in [0.25, 0.3) is 0 Å². The molecular formula is C25H29N7O2. The second-order valence-electron chi connectivity index (χ2n) is 9.73. The number of fused-ring (bicyclic) bond motifs is 2. The number of pyridine rings is 2. The molecule has 0 aliphatic heterocycles. The monoisotopic (exact) mass is 459 g/mol. The molecule has 176 valence electrons. The molecule has 0 aromatic carbocycles. The van der Waals surface area contributed by atoms with Crippen LogP contribution in [0.25, 0.3) is 32.9 Å². The van der Waals surface area contributed by atoms with E-state index in [9.17, 15) is 4.79 Å². The van der Waals surface area contributed by atoms with Crippen molar-refractivity contribution in [2.24, 2.45) is 0 Å². The SMILES string of the molecule is CC(C)(C)OC(=O)NC1CCCCC1Nc1ncc2cncc(-c3c[nH]c4cnccc34)c2n1. The zero-order valence-corrected chi connectivity index (χ0v) is 19.6. The lowest BCUT2D eigenvalue weighted by atomic mass is 9.90. The highest BCUT2D eigenvalue weighted by Gasteiger charge is 2.29. The van der Waals surface area contributed by atoms with Crippen molar-refractivity contribution in [3.63, 3.8) is 0 Å². The summed E-state index contributed by atoms with van der Waals surface area (Å²) in [6.07, 6.45) is 14.5. The van der Waals surface area contributed by atoms with Gasteiger partial charge in [-0.15, -0.1) is 0 Å². The summed E-state index contributed by atoms with van der Waals surface area (Å²) in [6, 6.07) is 1.94. The van der Waals surface area contributed by atoms with E-state index in [1.165, 1.54) is 0 Å². The number of nitrogens with zero attached hydrogens (tertiary/aromatic N) is 4. The molecule has 2 unspecified atom stereocenters. The molecule has 1 fully saturated rings. The number of aromatic amines is 1. The maximum Gasteiger partial charge on any atom is 0.407 e. The molecule has 9 heteroatoms. The Kier molecular flexibility index (Phi) is 5.77. The highest BCUT2D eigenvalue weighted by atomic mass is 16.6. The molecule has 1 aliphatic rings. The number of alkyl carbamates (subject to hydrolysis) is 1.